The molecule has 1 aliphatic rings. The molecule has 1 heterocycles. The molecule has 2 rings (SSSR count). The third-order valence-corrected chi connectivity index (χ3v) is 4.04. The number of ether oxygens (including phenoxy) is 1. The maximum Gasteiger partial charge on any atom is 0.223 e. The number of nitrogens with one attached hydrogen (secondary N) is 1. The van der Waals surface area contributed by atoms with Crippen LogP contribution in [0.3, 0.4) is 0 Å². The van der Waals surface area contributed by atoms with Gasteiger partial charge in [0.2, 0.25) is 11.8 Å². The molecule has 0 aliphatic carbocycles. The Morgan fingerprint density at radius 3 is 2.64 bits per heavy atom. The fourth-order valence-electron chi connectivity index (χ4n) is 2.45. The predicted octanol–water partition coefficient (Wildman–Crippen LogP) is 2.24. The van der Waals surface area contributed by atoms with Gasteiger partial charge in [0, 0.05) is 26.1 Å². The number of piperidine rings is 1. The molecule has 5 nitrogen and oxygen atoms in total. The van der Waals surface area contributed by atoms with Crippen LogP contribution in [0.25, 0.3) is 0 Å². The summed E-state index contributed by atoms with van der Waals surface area (Å²) in [5, 5.41) is 3.53. The quantitative estimate of drug-likeness (QED) is 0.903. The van der Waals surface area contributed by atoms with Gasteiger partial charge in [-0.15, -0.1) is 0 Å². The molecule has 0 aromatic heterocycles. The van der Waals surface area contributed by atoms with E-state index in [0.29, 0.717) is 30.5 Å². The van der Waals surface area contributed by atoms with Gasteiger partial charge in [0.25, 0.3) is 0 Å². The monoisotopic (exact) mass is 324 g/mol. The SMILES string of the molecule is CC(=O)N1CCC(NC(=O)CCOc2ccccc2Cl)CC1. The van der Waals surface area contributed by atoms with E-state index in [-0.39, 0.29) is 24.3 Å². The van der Waals surface area contributed by atoms with E-state index in [1.54, 1.807) is 19.1 Å². The van der Waals surface area contributed by atoms with Crippen molar-refractivity contribution < 1.29 is 14.3 Å². The maximum absolute atomic E-state index is 11.9. The summed E-state index contributed by atoms with van der Waals surface area (Å²) in [5.74, 6) is 0.651. The highest BCUT2D eigenvalue weighted by Crippen LogP contribution is 2.23. The largest absolute Gasteiger partial charge is 0.491 e. The Morgan fingerprint density at radius 2 is 2.00 bits per heavy atom. The molecular formula is C16H21ClN2O3. The van der Waals surface area contributed by atoms with Crippen LogP contribution in [0.2, 0.25) is 5.02 Å². The first kappa shape index (κ1) is 16.6. The van der Waals surface area contributed by atoms with Crippen LogP contribution < -0.4 is 10.1 Å². The van der Waals surface area contributed by atoms with Crippen LogP contribution >= 0.6 is 11.6 Å². The number of carbonyl (C=O) groups is 2. The van der Waals surface area contributed by atoms with Gasteiger partial charge in [0.1, 0.15) is 5.75 Å². The topological polar surface area (TPSA) is 58.6 Å². The van der Waals surface area contributed by atoms with Gasteiger partial charge in [0.15, 0.2) is 0 Å². The van der Waals surface area contributed by atoms with Crippen LogP contribution in [0.5, 0.6) is 5.75 Å². The Balaban J connectivity index is 1.66. The first-order chi connectivity index (χ1) is 10.6. The lowest BCUT2D eigenvalue weighted by atomic mass is 10.0. The lowest BCUT2D eigenvalue weighted by Crippen LogP contribution is -2.46. The van der Waals surface area contributed by atoms with Gasteiger partial charge in [-0.05, 0) is 25.0 Å². The summed E-state index contributed by atoms with van der Waals surface area (Å²) >= 11 is 5.98. The van der Waals surface area contributed by atoms with E-state index in [1.165, 1.54) is 0 Å². The molecule has 22 heavy (non-hydrogen) atoms. The molecule has 0 radical (unpaired) electrons. The first-order valence-corrected chi connectivity index (χ1v) is 7.86. The first-order valence-electron chi connectivity index (χ1n) is 7.48. The van der Waals surface area contributed by atoms with Crippen molar-refractivity contribution in [1.29, 1.82) is 0 Å². The smallest absolute Gasteiger partial charge is 0.223 e. The Hall–Kier alpha value is -1.75. The van der Waals surface area contributed by atoms with Crippen molar-refractivity contribution in [3.05, 3.63) is 29.3 Å². The Morgan fingerprint density at radius 1 is 1.32 bits per heavy atom. The summed E-state index contributed by atoms with van der Waals surface area (Å²) in [4.78, 5) is 24.9. The van der Waals surface area contributed by atoms with E-state index >= 15 is 0 Å². The Kier molecular flexibility index (Phi) is 6.07. The molecule has 1 aromatic rings. The van der Waals surface area contributed by atoms with Crippen molar-refractivity contribution in [2.75, 3.05) is 19.7 Å². The summed E-state index contributed by atoms with van der Waals surface area (Å²) in [6.07, 6.45) is 1.89. The van der Waals surface area contributed by atoms with Gasteiger partial charge in [-0.3, -0.25) is 9.59 Å². The van der Waals surface area contributed by atoms with Gasteiger partial charge >= 0.3 is 0 Å². The van der Waals surface area contributed by atoms with Crippen molar-refractivity contribution in [3.63, 3.8) is 0 Å². The fourth-order valence-corrected chi connectivity index (χ4v) is 2.64. The van der Waals surface area contributed by atoms with Crippen molar-refractivity contribution in [2.45, 2.75) is 32.2 Å². The molecule has 2 amide bonds. The van der Waals surface area contributed by atoms with Gasteiger partial charge in [-0.1, -0.05) is 23.7 Å². The number of amides is 2. The van der Waals surface area contributed by atoms with E-state index < -0.39 is 0 Å². The molecule has 120 valence electrons. The van der Waals surface area contributed by atoms with Crippen LogP contribution in [-0.4, -0.2) is 42.5 Å². The zero-order chi connectivity index (χ0) is 15.9. The summed E-state index contributed by atoms with van der Waals surface area (Å²) < 4.78 is 5.50. The second-order valence-electron chi connectivity index (χ2n) is 5.38. The van der Waals surface area contributed by atoms with Crippen LogP contribution in [0.15, 0.2) is 24.3 Å². The number of nitrogens with zero attached hydrogens (tertiary/aromatic N) is 1. The molecule has 0 atom stereocenters. The van der Waals surface area contributed by atoms with E-state index in [0.717, 1.165) is 12.8 Å². The van der Waals surface area contributed by atoms with Gasteiger partial charge < -0.3 is 15.0 Å². The number of halogens is 1. The number of hydrogen-bond donors (Lipinski definition) is 1. The highest BCUT2D eigenvalue weighted by atomic mass is 35.5. The van der Waals surface area contributed by atoms with Crippen molar-refractivity contribution in [2.24, 2.45) is 0 Å². The second kappa shape index (κ2) is 8.03. The van der Waals surface area contributed by atoms with Crippen LogP contribution in [0, 0.1) is 0 Å². The van der Waals surface area contributed by atoms with Crippen LogP contribution in [0.4, 0.5) is 0 Å². The minimum absolute atomic E-state index is 0.0340. The molecular weight excluding hydrogens is 304 g/mol. The lowest BCUT2D eigenvalue weighted by Gasteiger charge is -2.31. The molecule has 0 saturated carbocycles. The van der Waals surface area contributed by atoms with E-state index in [9.17, 15) is 9.59 Å². The van der Waals surface area contributed by atoms with Crippen LogP contribution in [0.1, 0.15) is 26.2 Å². The summed E-state index contributed by atoms with van der Waals surface area (Å²) in [7, 11) is 0. The molecule has 1 aromatic carbocycles. The van der Waals surface area contributed by atoms with Gasteiger partial charge in [-0.25, -0.2) is 0 Å². The molecule has 6 heteroatoms. The molecule has 1 aliphatic heterocycles. The van der Waals surface area contributed by atoms with Crippen molar-refractivity contribution in [3.8, 4) is 5.75 Å². The van der Waals surface area contributed by atoms with Gasteiger partial charge in [-0.2, -0.15) is 0 Å². The fraction of sp³-hybridized carbons (Fsp3) is 0.500. The zero-order valence-corrected chi connectivity index (χ0v) is 13.4. The highest BCUT2D eigenvalue weighted by molar-refractivity contribution is 6.32. The van der Waals surface area contributed by atoms with Crippen molar-refractivity contribution >= 4 is 23.4 Å². The highest BCUT2D eigenvalue weighted by Gasteiger charge is 2.21. The molecule has 0 spiro atoms. The minimum atomic E-state index is -0.0340. The van der Waals surface area contributed by atoms with Crippen LogP contribution in [-0.2, 0) is 9.59 Å². The minimum Gasteiger partial charge on any atom is -0.491 e. The second-order valence-corrected chi connectivity index (χ2v) is 5.78. The van der Waals surface area contributed by atoms with E-state index in [1.807, 2.05) is 17.0 Å². The predicted molar refractivity (Wildman–Crippen MR) is 85.0 cm³/mol. The average molecular weight is 325 g/mol. The number of likely N-dealkylation sites (tertiary alicyclic amines) is 1. The maximum atomic E-state index is 11.9. The summed E-state index contributed by atoms with van der Waals surface area (Å²) in [5.41, 5.74) is 0. The number of para-hydroxylation sites is 1. The average Bonchev–Trinajstić information content (AvgIpc) is 2.50. The number of hydrogen-bond acceptors (Lipinski definition) is 3. The molecule has 1 N–H and O–H groups in total. The number of rotatable bonds is 5. The third kappa shape index (κ3) is 4.91. The summed E-state index contributed by atoms with van der Waals surface area (Å²) in [6.45, 7) is 3.28. The lowest BCUT2D eigenvalue weighted by molar-refractivity contribution is -0.130. The molecule has 0 unspecified atom stereocenters. The molecule has 1 fully saturated rings. The van der Waals surface area contributed by atoms with Gasteiger partial charge in [0.05, 0.1) is 18.1 Å². The Bertz CT molecular complexity index is 528. The van der Waals surface area contributed by atoms with E-state index in [2.05, 4.69) is 5.32 Å². The summed E-state index contributed by atoms with van der Waals surface area (Å²) in [6, 6.07) is 7.33. The zero-order valence-electron chi connectivity index (χ0n) is 12.7. The number of carbonyl (C=O) groups excluding carboxylic acids is 2. The third-order valence-electron chi connectivity index (χ3n) is 3.73. The van der Waals surface area contributed by atoms with E-state index in [4.69, 9.17) is 16.3 Å². The molecule has 1 saturated heterocycles. The Labute approximate surface area is 135 Å². The standard InChI is InChI=1S/C16H21ClN2O3/c1-12(20)19-9-6-13(7-10-19)18-16(21)8-11-22-15-5-3-2-4-14(15)17/h2-5,13H,6-11H2,1H3,(H,18,21). The molecule has 0 bridgehead atoms. The number of benzene rings is 1. The normalized spacial score (nSPS) is 15.5. The van der Waals surface area contributed by atoms with Crippen molar-refractivity contribution in [1.82, 2.24) is 10.2 Å².